The zero-order valence-corrected chi connectivity index (χ0v) is 15.6. The second kappa shape index (κ2) is 8.43. The number of ether oxygens (including phenoxy) is 1. The van der Waals surface area contributed by atoms with Crippen LogP contribution in [0.4, 0.5) is 10.5 Å². The van der Waals surface area contributed by atoms with E-state index < -0.39 is 5.60 Å². The summed E-state index contributed by atoms with van der Waals surface area (Å²) < 4.78 is 6.27. The van der Waals surface area contributed by atoms with Crippen molar-refractivity contribution in [2.45, 2.75) is 45.3 Å². The molecule has 1 aromatic carbocycles. The number of rotatable bonds is 6. The summed E-state index contributed by atoms with van der Waals surface area (Å²) in [5, 5.41) is 2.79. The average Bonchev–Trinajstić information content (AvgIpc) is 2.36. The van der Waals surface area contributed by atoms with E-state index in [1.165, 1.54) is 0 Å². The molecule has 0 aliphatic carbocycles. The van der Waals surface area contributed by atoms with Gasteiger partial charge in [-0.15, -0.1) is 0 Å². The Morgan fingerprint density at radius 1 is 1.33 bits per heavy atom. The highest BCUT2D eigenvalue weighted by Gasteiger charge is 2.15. The van der Waals surface area contributed by atoms with E-state index in [4.69, 9.17) is 4.74 Å². The van der Waals surface area contributed by atoms with Gasteiger partial charge in [0.05, 0.1) is 0 Å². The van der Waals surface area contributed by atoms with Crippen LogP contribution in [-0.2, 0) is 4.74 Å². The second-order valence-corrected chi connectivity index (χ2v) is 8.33. The summed E-state index contributed by atoms with van der Waals surface area (Å²) in [6.45, 7) is 8.38. The standard InChI is InChI=1S/C15H23BrN2O2Si/c1-11(9-10-17-14(19)20-15(2,3)4)21-18-13-7-5-12(16)6-8-13/h5-8,11,18H,9-10H2,1-4H3,(H,17,19)/t11-/m0/s1. The highest BCUT2D eigenvalue weighted by Crippen LogP contribution is 2.15. The number of nitrogens with one attached hydrogen (secondary N) is 2. The molecular formula is C15H23BrN2O2Si. The molecule has 0 fully saturated rings. The number of alkyl carbamates (subject to hydrolysis) is 1. The Bertz CT molecular complexity index is 446. The Hall–Kier alpha value is -1.01. The molecule has 0 aliphatic heterocycles. The Morgan fingerprint density at radius 3 is 2.52 bits per heavy atom. The maximum Gasteiger partial charge on any atom is 0.407 e. The van der Waals surface area contributed by atoms with E-state index in [0.717, 1.165) is 16.6 Å². The van der Waals surface area contributed by atoms with Crippen LogP contribution in [-0.4, -0.2) is 27.9 Å². The Morgan fingerprint density at radius 2 is 1.95 bits per heavy atom. The van der Waals surface area contributed by atoms with Gasteiger partial charge in [0.1, 0.15) is 5.60 Å². The maximum absolute atomic E-state index is 11.5. The van der Waals surface area contributed by atoms with E-state index in [1.807, 2.05) is 45.0 Å². The molecule has 0 heterocycles. The van der Waals surface area contributed by atoms with Crippen LogP contribution in [0.3, 0.4) is 0 Å². The lowest BCUT2D eigenvalue weighted by Crippen LogP contribution is -2.33. The summed E-state index contributed by atoms with van der Waals surface area (Å²) in [4.78, 5) is 14.9. The molecule has 0 bridgehead atoms. The van der Waals surface area contributed by atoms with E-state index in [1.54, 1.807) is 0 Å². The topological polar surface area (TPSA) is 50.4 Å². The van der Waals surface area contributed by atoms with Crippen molar-refractivity contribution in [3.05, 3.63) is 28.7 Å². The lowest BCUT2D eigenvalue weighted by Gasteiger charge is -2.20. The normalized spacial score (nSPS) is 12.6. The van der Waals surface area contributed by atoms with Gasteiger partial charge in [-0.1, -0.05) is 22.9 Å². The molecule has 1 aromatic rings. The summed E-state index contributed by atoms with van der Waals surface area (Å²) in [6, 6.07) is 8.12. The van der Waals surface area contributed by atoms with Crippen molar-refractivity contribution in [3.63, 3.8) is 0 Å². The van der Waals surface area contributed by atoms with Crippen LogP contribution in [0.2, 0.25) is 5.54 Å². The lowest BCUT2D eigenvalue weighted by atomic mass is 10.2. The quantitative estimate of drug-likeness (QED) is 0.737. The van der Waals surface area contributed by atoms with Gasteiger partial charge in [-0.3, -0.25) is 0 Å². The Kier molecular flexibility index (Phi) is 7.24. The third kappa shape index (κ3) is 8.78. The van der Waals surface area contributed by atoms with Crippen LogP contribution in [0.1, 0.15) is 34.1 Å². The smallest absolute Gasteiger partial charge is 0.407 e. The van der Waals surface area contributed by atoms with Gasteiger partial charge in [0, 0.05) is 16.7 Å². The predicted octanol–water partition coefficient (Wildman–Crippen LogP) is 4.20. The van der Waals surface area contributed by atoms with Crippen molar-refractivity contribution >= 4 is 37.4 Å². The van der Waals surface area contributed by atoms with Crippen LogP contribution in [0.15, 0.2) is 28.7 Å². The van der Waals surface area contributed by atoms with Crippen molar-refractivity contribution in [1.82, 2.24) is 5.32 Å². The lowest BCUT2D eigenvalue weighted by molar-refractivity contribution is 0.0527. The molecule has 0 spiro atoms. The first-order chi connectivity index (χ1) is 9.76. The number of anilines is 1. The van der Waals surface area contributed by atoms with Gasteiger partial charge in [0.15, 0.2) is 9.68 Å². The van der Waals surface area contributed by atoms with E-state index >= 15 is 0 Å². The largest absolute Gasteiger partial charge is 0.444 e. The van der Waals surface area contributed by atoms with Crippen LogP contribution in [0.25, 0.3) is 0 Å². The molecular weight excluding hydrogens is 348 g/mol. The fourth-order valence-corrected chi connectivity index (χ4v) is 2.65. The molecule has 1 amide bonds. The molecule has 1 atom stereocenters. The number of benzene rings is 1. The van der Waals surface area contributed by atoms with Crippen LogP contribution in [0, 0.1) is 0 Å². The van der Waals surface area contributed by atoms with Crippen LogP contribution in [0.5, 0.6) is 0 Å². The SMILES string of the molecule is C[C@@H](CCNC(=O)OC(C)(C)C)[Si]Nc1ccc(Br)cc1. The zero-order chi connectivity index (χ0) is 15.9. The molecule has 0 unspecified atom stereocenters. The Balaban J connectivity index is 2.18. The van der Waals surface area contributed by atoms with Crippen molar-refractivity contribution in [1.29, 1.82) is 0 Å². The van der Waals surface area contributed by atoms with Gasteiger partial charge in [-0.25, -0.2) is 4.79 Å². The monoisotopic (exact) mass is 370 g/mol. The highest BCUT2D eigenvalue weighted by atomic mass is 79.9. The van der Waals surface area contributed by atoms with Gasteiger partial charge in [-0.05, 0) is 57.0 Å². The third-order valence-electron chi connectivity index (χ3n) is 2.55. The number of carbonyl (C=O) groups is 1. The highest BCUT2D eigenvalue weighted by molar-refractivity contribution is 9.10. The third-order valence-corrected chi connectivity index (χ3v) is 4.30. The fourth-order valence-electron chi connectivity index (χ4n) is 1.52. The summed E-state index contributed by atoms with van der Waals surface area (Å²) in [7, 11) is 0.616. The molecule has 1 rings (SSSR count). The first kappa shape index (κ1) is 18.0. The van der Waals surface area contributed by atoms with Crippen LogP contribution < -0.4 is 10.3 Å². The van der Waals surface area contributed by atoms with E-state index in [-0.39, 0.29) is 6.09 Å². The van der Waals surface area contributed by atoms with E-state index in [0.29, 0.717) is 21.8 Å². The summed E-state index contributed by atoms with van der Waals surface area (Å²) >= 11 is 3.42. The molecule has 2 N–H and O–H groups in total. The maximum atomic E-state index is 11.5. The van der Waals surface area contributed by atoms with Gasteiger partial charge in [0.25, 0.3) is 0 Å². The molecule has 0 aromatic heterocycles. The summed E-state index contributed by atoms with van der Waals surface area (Å²) in [6.07, 6.45) is 0.570. The molecule has 116 valence electrons. The van der Waals surface area contributed by atoms with E-state index in [9.17, 15) is 4.79 Å². The van der Waals surface area contributed by atoms with Gasteiger partial charge in [-0.2, -0.15) is 0 Å². The molecule has 2 radical (unpaired) electrons. The molecule has 21 heavy (non-hydrogen) atoms. The minimum Gasteiger partial charge on any atom is -0.444 e. The molecule has 0 saturated carbocycles. The van der Waals surface area contributed by atoms with Crippen molar-refractivity contribution in [2.24, 2.45) is 0 Å². The number of carbonyl (C=O) groups excluding carboxylic acids is 1. The van der Waals surface area contributed by atoms with Gasteiger partial charge < -0.3 is 15.0 Å². The number of halogens is 1. The first-order valence-corrected chi connectivity index (χ1v) is 8.87. The number of hydrogen-bond acceptors (Lipinski definition) is 3. The van der Waals surface area contributed by atoms with Gasteiger partial charge in [0.2, 0.25) is 0 Å². The van der Waals surface area contributed by atoms with Crippen molar-refractivity contribution in [3.8, 4) is 0 Å². The fraction of sp³-hybridized carbons (Fsp3) is 0.533. The average molecular weight is 371 g/mol. The minimum atomic E-state index is -0.444. The zero-order valence-electron chi connectivity index (χ0n) is 13.0. The first-order valence-electron chi connectivity index (χ1n) is 7.00. The molecule has 6 heteroatoms. The van der Waals surface area contributed by atoms with Crippen molar-refractivity contribution < 1.29 is 9.53 Å². The molecule has 0 aliphatic rings. The molecule has 4 nitrogen and oxygen atoms in total. The summed E-state index contributed by atoms with van der Waals surface area (Å²) in [5.41, 5.74) is 1.16. The number of hydrogen-bond donors (Lipinski definition) is 2. The van der Waals surface area contributed by atoms with Gasteiger partial charge >= 0.3 is 6.09 Å². The minimum absolute atomic E-state index is 0.348. The summed E-state index contributed by atoms with van der Waals surface area (Å²) in [5.74, 6) is 0. The number of amides is 1. The van der Waals surface area contributed by atoms with Crippen LogP contribution >= 0.6 is 15.9 Å². The van der Waals surface area contributed by atoms with E-state index in [2.05, 4.69) is 33.2 Å². The molecule has 0 saturated heterocycles. The second-order valence-electron chi connectivity index (χ2n) is 5.89. The Labute approximate surface area is 138 Å². The van der Waals surface area contributed by atoms with Crippen molar-refractivity contribution in [2.75, 3.05) is 11.5 Å². The predicted molar refractivity (Wildman–Crippen MR) is 91.8 cm³/mol.